The molecule has 230 valence electrons. The van der Waals surface area contributed by atoms with Gasteiger partial charge >= 0.3 is 0 Å². The summed E-state index contributed by atoms with van der Waals surface area (Å²) >= 11 is 12.0. The minimum atomic E-state index is 0.398. The van der Waals surface area contributed by atoms with E-state index in [0.717, 1.165) is 60.9 Å². The van der Waals surface area contributed by atoms with Crippen molar-refractivity contribution in [2.45, 2.75) is 90.8 Å². The van der Waals surface area contributed by atoms with Gasteiger partial charge < -0.3 is 24.1 Å². The van der Waals surface area contributed by atoms with Gasteiger partial charge in [0.2, 0.25) is 0 Å². The summed E-state index contributed by atoms with van der Waals surface area (Å²) in [4.78, 5) is 0. The van der Waals surface area contributed by atoms with E-state index in [-0.39, 0.29) is 0 Å². The fourth-order valence-corrected chi connectivity index (χ4v) is 4.48. The Morgan fingerprint density at radius 2 is 1.10 bits per heavy atom. The molecule has 0 aliphatic rings. The maximum Gasteiger partial charge on any atom is 0.124 e. The Morgan fingerprint density at radius 3 is 1.52 bits per heavy atom. The normalized spacial score (nSPS) is 11.8. The van der Waals surface area contributed by atoms with Gasteiger partial charge in [-0.1, -0.05) is 66.2 Å². The Labute approximate surface area is 254 Å². The van der Waals surface area contributed by atoms with Crippen molar-refractivity contribution in [3.05, 3.63) is 47.5 Å². The Morgan fingerprint density at radius 1 is 0.650 bits per heavy atom. The highest BCUT2D eigenvalue weighted by molar-refractivity contribution is 6.18. The number of benzene rings is 2. The van der Waals surface area contributed by atoms with Crippen LogP contribution in [0.15, 0.2) is 36.4 Å². The zero-order valence-corrected chi connectivity index (χ0v) is 27.5. The minimum absolute atomic E-state index is 0.398. The quantitative estimate of drug-likeness (QED) is 0.172. The van der Waals surface area contributed by atoms with Crippen molar-refractivity contribution < 1.29 is 24.1 Å². The molecule has 2 aromatic rings. The van der Waals surface area contributed by atoms with Gasteiger partial charge in [0.1, 0.15) is 23.0 Å². The van der Waals surface area contributed by atoms with E-state index in [1.807, 2.05) is 36.4 Å². The maximum absolute atomic E-state index is 7.00. The number of hydrogen-bond donors (Lipinski definition) is 1. The molecular formula is C33H54Cl2O5. The molecule has 0 saturated heterocycles. The Bertz CT molecular complexity index is 861. The fourth-order valence-electron chi connectivity index (χ4n) is 4.07. The highest BCUT2D eigenvalue weighted by Gasteiger charge is 2.13. The van der Waals surface area contributed by atoms with Crippen molar-refractivity contribution in [3.63, 3.8) is 0 Å². The summed E-state index contributed by atoms with van der Waals surface area (Å²) in [5.74, 6) is 5.47. The van der Waals surface area contributed by atoms with Crippen LogP contribution >= 0.6 is 23.2 Å². The van der Waals surface area contributed by atoms with Crippen LogP contribution in [0, 0.1) is 11.8 Å². The number of aliphatic hydroxyl groups excluding tert-OH is 1. The predicted molar refractivity (Wildman–Crippen MR) is 171 cm³/mol. The molecule has 0 aromatic heterocycles. The van der Waals surface area contributed by atoms with Crippen LogP contribution in [0.4, 0.5) is 0 Å². The second-order valence-electron chi connectivity index (χ2n) is 9.67. The van der Waals surface area contributed by atoms with Gasteiger partial charge in [-0.15, -0.1) is 23.2 Å². The topological polar surface area (TPSA) is 57.2 Å². The number of halogens is 2. The lowest BCUT2D eigenvalue weighted by atomic mass is 10.0. The molecule has 2 aromatic carbocycles. The predicted octanol–water partition coefficient (Wildman–Crippen LogP) is 9.67. The molecule has 0 radical (unpaired) electrons. The van der Waals surface area contributed by atoms with Gasteiger partial charge in [-0.2, -0.15) is 0 Å². The SMILES string of the molecule is CCCCC(CC)COc1cc(CCl)c(OC)cc1CCl.CCCCC(CC)COc1ccc(OC)cc1.CO. The third kappa shape index (κ3) is 15.3. The summed E-state index contributed by atoms with van der Waals surface area (Å²) in [7, 11) is 4.31. The molecule has 1 N–H and O–H groups in total. The second-order valence-corrected chi connectivity index (χ2v) is 10.2. The molecule has 0 fully saturated rings. The number of unbranched alkanes of at least 4 members (excludes halogenated alkanes) is 2. The van der Waals surface area contributed by atoms with Crippen LogP contribution in [0.25, 0.3) is 0 Å². The fraction of sp³-hybridized carbons (Fsp3) is 0.636. The molecule has 2 atom stereocenters. The highest BCUT2D eigenvalue weighted by atomic mass is 35.5. The first-order chi connectivity index (χ1) is 19.5. The average Bonchev–Trinajstić information content (AvgIpc) is 3.02. The van der Waals surface area contributed by atoms with E-state index in [2.05, 4.69) is 27.7 Å². The molecule has 0 bridgehead atoms. The van der Waals surface area contributed by atoms with Crippen molar-refractivity contribution in [2.24, 2.45) is 11.8 Å². The van der Waals surface area contributed by atoms with E-state index in [9.17, 15) is 0 Å². The molecule has 7 heteroatoms. The average molecular weight is 602 g/mol. The van der Waals surface area contributed by atoms with Crippen LogP contribution in [0.3, 0.4) is 0 Å². The van der Waals surface area contributed by atoms with Gasteiger partial charge in [-0.25, -0.2) is 0 Å². The Hall–Kier alpha value is -1.82. The van der Waals surface area contributed by atoms with Gasteiger partial charge in [-0.05, 0) is 61.1 Å². The summed E-state index contributed by atoms with van der Waals surface area (Å²) in [5.41, 5.74) is 1.89. The van der Waals surface area contributed by atoms with Crippen molar-refractivity contribution in [1.29, 1.82) is 0 Å². The summed E-state index contributed by atoms with van der Waals surface area (Å²) in [6.45, 7) is 10.5. The third-order valence-corrected chi connectivity index (χ3v) is 7.43. The molecule has 2 rings (SSSR count). The van der Waals surface area contributed by atoms with E-state index in [4.69, 9.17) is 47.3 Å². The molecule has 0 aliphatic heterocycles. The van der Waals surface area contributed by atoms with E-state index in [1.54, 1.807) is 14.2 Å². The lowest BCUT2D eigenvalue weighted by Gasteiger charge is -2.18. The third-order valence-electron chi connectivity index (χ3n) is 6.86. The number of aliphatic hydroxyl groups is 1. The van der Waals surface area contributed by atoms with Crippen LogP contribution in [0.1, 0.15) is 90.2 Å². The number of rotatable bonds is 18. The molecule has 0 saturated carbocycles. The molecule has 0 amide bonds. The minimum Gasteiger partial charge on any atom is -0.497 e. The standard InChI is InChI=1S/C17H26Cl2O2.C15H24O2.CH4O/c1-4-6-7-13(5-2)12-21-17-9-14(10-18)16(20-3)8-15(17)11-19;1-4-6-7-13(5-2)12-17-15-10-8-14(16-3)9-11-15;1-2/h8-9,13H,4-7,10-12H2,1-3H3;8-11,13H,4-7,12H2,1-3H3;2H,1H3. The number of methoxy groups -OCH3 is 2. The summed E-state index contributed by atoms with van der Waals surface area (Å²) < 4.78 is 22.3. The second kappa shape index (κ2) is 24.9. The van der Waals surface area contributed by atoms with Crippen molar-refractivity contribution >= 4 is 23.2 Å². The first-order valence-electron chi connectivity index (χ1n) is 14.7. The van der Waals surface area contributed by atoms with Crippen molar-refractivity contribution in [3.8, 4) is 23.0 Å². The number of hydrogen-bond acceptors (Lipinski definition) is 5. The smallest absolute Gasteiger partial charge is 0.124 e. The van der Waals surface area contributed by atoms with Crippen molar-refractivity contribution in [1.82, 2.24) is 0 Å². The summed E-state index contributed by atoms with van der Waals surface area (Å²) in [5, 5.41) is 7.00. The molecular weight excluding hydrogens is 547 g/mol. The van der Waals surface area contributed by atoms with Gasteiger partial charge in [0.15, 0.2) is 0 Å². The van der Waals surface area contributed by atoms with E-state index < -0.39 is 0 Å². The molecule has 40 heavy (non-hydrogen) atoms. The Kier molecular flexibility index (Phi) is 23.8. The van der Waals surface area contributed by atoms with Gasteiger partial charge in [0.25, 0.3) is 0 Å². The van der Waals surface area contributed by atoms with Crippen LogP contribution < -0.4 is 18.9 Å². The van der Waals surface area contributed by atoms with Gasteiger partial charge in [0.05, 0.1) is 39.2 Å². The first-order valence-corrected chi connectivity index (χ1v) is 15.7. The van der Waals surface area contributed by atoms with E-state index >= 15 is 0 Å². The Balaban J connectivity index is 0.000000730. The maximum atomic E-state index is 7.00. The zero-order chi connectivity index (χ0) is 30.2. The first kappa shape index (κ1) is 38.2. The van der Waals surface area contributed by atoms with E-state index in [0.29, 0.717) is 23.6 Å². The number of ether oxygens (including phenoxy) is 4. The molecule has 2 unspecified atom stereocenters. The van der Waals surface area contributed by atoms with Crippen LogP contribution in [0.5, 0.6) is 23.0 Å². The van der Waals surface area contributed by atoms with E-state index in [1.165, 1.54) is 44.9 Å². The monoisotopic (exact) mass is 600 g/mol. The van der Waals surface area contributed by atoms with Gasteiger partial charge in [0, 0.05) is 18.2 Å². The lowest BCUT2D eigenvalue weighted by Crippen LogP contribution is -2.12. The zero-order valence-electron chi connectivity index (χ0n) is 25.9. The lowest BCUT2D eigenvalue weighted by molar-refractivity contribution is 0.231. The van der Waals surface area contributed by atoms with Crippen LogP contribution in [-0.4, -0.2) is 39.6 Å². The molecule has 0 spiro atoms. The molecule has 5 nitrogen and oxygen atoms in total. The van der Waals surface area contributed by atoms with Gasteiger partial charge in [-0.3, -0.25) is 0 Å². The van der Waals surface area contributed by atoms with Crippen LogP contribution in [0.2, 0.25) is 0 Å². The number of alkyl halides is 2. The largest absolute Gasteiger partial charge is 0.497 e. The molecule has 0 heterocycles. The summed E-state index contributed by atoms with van der Waals surface area (Å²) in [6, 6.07) is 11.7. The van der Waals surface area contributed by atoms with Crippen molar-refractivity contribution in [2.75, 3.05) is 34.5 Å². The van der Waals surface area contributed by atoms with Crippen LogP contribution in [-0.2, 0) is 11.8 Å². The summed E-state index contributed by atoms with van der Waals surface area (Å²) in [6.07, 6.45) is 9.83. The molecule has 0 aliphatic carbocycles. The highest BCUT2D eigenvalue weighted by Crippen LogP contribution is 2.32.